The first-order chi connectivity index (χ1) is 20.6. The van der Waals surface area contributed by atoms with Crippen molar-refractivity contribution in [2.45, 2.75) is 116 Å². The van der Waals surface area contributed by atoms with Gasteiger partial charge in [-0.3, -0.25) is 9.59 Å². The number of alkyl carbamates (subject to hydrolysis) is 1. The van der Waals surface area contributed by atoms with E-state index < -0.39 is 11.7 Å². The third kappa shape index (κ3) is 14.6. The van der Waals surface area contributed by atoms with Crippen LogP contribution in [0.4, 0.5) is 4.79 Å². The fraction of sp³-hybridized carbons (Fsp3) is 0.571. The van der Waals surface area contributed by atoms with Crippen LogP contribution in [0.5, 0.6) is 0 Å². The number of carbonyl (C=O) groups is 3. The molecule has 2 aliphatic carbocycles. The Kier molecular flexibility index (Phi) is 14.0. The van der Waals surface area contributed by atoms with E-state index in [-0.39, 0.29) is 36.5 Å². The van der Waals surface area contributed by atoms with Crippen LogP contribution >= 0.6 is 0 Å². The minimum absolute atomic E-state index is 0.0597. The van der Waals surface area contributed by atoms with Crippen LogP contribution in [0.3, 0.4) is 0 Å². The zero-order valence-corrected chi connectivity index (χ0v) is 26.1. The topological polar surface area (TPSA) is 117 Å². The number of nitrogens with two attached hydrogens (primary N) is 1. The fourth-order valence-corrected chi connectivity index (χ4v) is 5.71. The maximum Gasteiger partial charge on any atom is 0.407 e. The second kappa shape index (κ2) is 17.7. The van der Waals surface area contributed by atoms with Crippen LogP contribution in [-0.4, -0.2) is 35.7 Å². The molecule has 0 aromatic heterocycles. The summed E-state index contributed by atoms with van der Waals surface area (Å²) in [5.41, 5.74) is 7.46. The summed E-state index contributed by atoms with van der Waals surface area (Å²) in [5.74, 6) is 0.405. The van der Waals surface area contributed by atoms with Crippen LogP contribution in [0.15, 0.2) is 60.7 Å². The van der Waals surface area contributed by atoms with Gasteiger partial charge in [-0.1, -0.05) is 73.5 Å². The van der Waals surface area contributed by atoms with Crippen molar-refractivity contribution >= 4 is 18.0 Å². The molecule has 2 fully saturated rings. The lowest BCUT2D eigenvalue weighted by Crippen LogP contribution is -2.39. The van der Waals surface area contributed by atoms with Gasteiger partial charge in [-0.15, -0.1) is 0 Å². The number of amides is 1. The molecule has 8 heteroatoms. The van der Waals surface area contributed by atoms with E-state index in [1.165, 1.54) is 0 Å². The molecule has 1 amide bonds. The molecule has 0 spiro atoms. The molecule has 236 valence electrons. The maximum absolute atomic E-state index is 12.0. The van der Waals surface area contributed by atoms with Crippen molar-refractivity contribution in [3.8, 4) is 0 Å². The molecular formula is C35H50N2O6. The van der Waals surface area contributed by atoms with Gasteiger partial charge in [0.25, 0.3) is 0 Å². The van der Waals surface area contributed by atoms with Crippen LogP contribution in [-0.2, 0) is 37.0 Å². The van der Waals surface area contributed by atoms with E-state index in [0.717, 1.165) is 62.5 Å². The highest BCUT2D eigenvalue weighted by Gasteiger charge is 2.27. The monoisotopic (exact) mass is 594 g/mol. The van der Waals surface area contributed by atoms with Gasteiger partial charge < -0.3 is 25.3 Å². The van der Waals surface area contributed by atoms with Gasteiger partial charge >= 0.3 is 18.0 Å². The highest BCUT2D eigenvalue weighted by Crippen LogP contribution is 2.28. The summed E-state index contributed by atoms with van der Waals surface area (Å²) >= 11 is 0. The predicted molar refractivity (Wildman–Crippen MR) is 167 cm³/mol. The Morgan fingerprint density at radius 2 is 1.28 bits per heavy atom. The van der Waals surface area contributed by atoms with E-state index in [0.29, 0.717) is 25.4 Å². The minimum atomic E-state index is -0.454. The number of benzene rings is 2. The van der Waals surface area contributed by atoms with Crippen molar-refractivity contribution < 1.29 is 28.6 Å². The molecule has 0 radical (unpaired) electrons. The molecular weight excluding hydrogens is 544 g/mol. The average Bonchev–Trinajstić information content (AvgIpc) is 2.96. The van der Waals surface area contributed by atoms with Crippen molar-refractivity contribution in [1.29, 1.82) is 0 Å². The van der Waals surface area contributed by atoms with Gasteiger partial charge in [0, 0.05) is 24.9 Å². The second-order valence-corrected chi connectivity index (χ2v) is 12.9. The Morgan fingerprint density at radius 3 is 1.86 bits per heavy atom. The first-order valence-corrected chi connectivity index (χ1v) is 15.7. The molecule has 2 aromatic rings. The fourth-order valence-electron chi connectivity index (χ4n) is 5.71. The molecule has 0 heterocycles. The number of carbonyl (C=O) groups excluding carboxylic acids is 3. The summed E-state index contributed by atoms with van der Waals surface area (Å²) in [7, 11) is 0. The summed E-state index contributed by atoms with van der Waals surface area (Å²) < 4.78 is 16.0. The SMILES string of the molecule is CC(C)(C)OC(=O)C[C@H]1CCC[C@@H](NC(=O)OCc2ccccc2)C1.N[C@H]1CCC[C@@H](CC(=O)OCc2ccccc2)C1. The zero-order chi connectivity index (χ0) is 31.1. The summed E-state index contributed by atoms with van der Waals surface area (Å²) in [6.07, 6.45) is 8.53. The zero-order valence-electron chi connectivity index (χ0n) is 26.1. The largest absolute Gasteiger partial charge is 0.461 e. The molecule has 43 heavy (non-hydrogen) atoms. The summed E-state index contributed by atoms with van der Waals surface area (Å²) in [6, 6.07) is 19.7. The van der Waals surface area contributed by atoms with E-state index in [1.807, 2.05) is 81.4 Å². The van der Waals surface area contributed by atoms with Crippen LogP contribution in [0.1, 0.15) is 96.1 Å². The van der Waals surface area contributed by atoms with Crippen molar-refractivity contribution in [3.05, 3.63) is 71.8 Å². The van der Waals surface area contributed by atoms with Gasteiger partial charge in [-0.25, -0.2) is 4.79 Å². The Hall–Kier alpha value is -3.39. The average molecular weight is 595 g/mol. The van der Waals surface area contributed by atoms with Gasteiger partial charge in [-0.2, -0.15) is 0 Å². The number of rotatable bonds is 9. The van der Waals surface area contributed by atoms with Crippen LogP contribution in [0, 0.1) is 11.8 Å². The lowest BCUT2D eigenvalue weighted by atomic mass is 9.84. The van der Waals surface area contributed by atoms with Crippen molar-refractivity contribution in [1.82, 2.24) is 5.32 Å². The lowest BCUT2D eigenvalue weighted by Gasteiger charge is -2.30. The Bertz CT molecular complexity index is 1120. The van der Waals surface area contributed by atoms with E-state index in [4.69, 9.17) is 19.9 Å². The van der Waals surface area contributed by atoms with Gasteiger partial charge in [0.05, 0.1) is 0 Å². The van der Waals surface area contributed by atoms with Crippen molar-refractivity contribution in [3.63, 3.8) is 0 Å². The first kappa shape index (κ1) is 34.1. The van der Waals surface area contributed by atoms with Crippen LogP contribution < -0.4 is 11.1 Å². The molecule has 2 saturated carbocycles. The summed E-state index contributed by atoms with van der Waals surface area (Å²) in [6.45, 7) is 6.26. The van der Waals surface area contributed by atoms with Crippen molar-refractivity contribution in [2.75, 3.05) is 0 Å². The predicted octanol–water partition coefficient (Wildman–Crippen LogP) is 6.84. The summed E-state index contributed by atoms with van der Waals surface area (Å²) in [5, 5.41) is 2.93. The molecule has 4 rings (SSSR count). The van der Waals surface area contributed by atoms with Gasteiger partial charge in [0.15, 0.2) is 0 Å². The molecule has 0 bridgehead atoms. The molecule has 4 atom stereocenters. The Morgan fingerprint density at radius 1 is 0.744 bits per heavy atom. The Balaban J connectivity index is 0.000000248. The molecule has 2 aliphatic rings. The highest BCUT2D eigenvalue weighted by atomic mass is 16.6. The van der Waals surface area contributed by atoms with E-state index >= 15 is 0 Å². The van der Waals surface area contributed by atoms with E-state index in [1.54, 1.807) is 0 Å². The first-order valence-electron chi connectivity index (χ1n) is 15.7. The molecule has 0 aliphatic heterocycles. The van der Waals surface area contributed by atoms with Crippen LogP contribution in [0.25, 0.3) is 0 Å². The molecule has 0 saturated heterocycles. The summed E-state index contributed by atoms with van der Waals surface area (Å²) in [4.78, 5) is 35.7. The second-order valence-electron chi connectivity index (χ2n) is 12.9. The molecule has 2 aromatic carbocycles. The van der Waals surface area contributed by atoms with Gasteiger partial charge in [0.1, 0.15) is 18.8 Å². The number of hydrogen-bond donors (Lipinski definition) is 2. The van der Waals surface area contributed by atoms with E-state index in [2.05, 4.69) is 5.32 Å². The third-order valence-electron chi connectivity index (χ3n) is 7.71. The quantitative estimate of drug-likeness (QED) is 0.241. The minimum Gasteiger partial charge on any atom is -0.461 e. The standard InChI is InChI=1S/C20H29NO4.C15H21NO2/c1-20(2,3)25-18(22)13-16-10-7-11-17(12-16)21-19(23)24-14-15-8-5-4-6-9-15;16-14-8-4-7-13(9-14)10-15(17)18-11-12-5-2-1-3-6-12/h4-6,8-9,16-17H,7,10-14H2,1-3H3,(H,21,23);1-3,5-6,13-14H,4,7-11,16H2/t16-,17+;13-,14+/m01/s1. The number of ether oxygens (including phenoxy) is 3. The van der Waals surface area contributed by atoms with E-state index in [9.17, 15) is 14.4 Å². The molecule has 8 nitrogen and oxygen atoms in total. The van der Waals surface area contributed by atoms with Crippen molar-refractivity contribution in [2.24, 2.45) is 17.6 Å². The number of nitrogens with one attached hydrogen (secondary N) is 1. The lowest BCUT2D eigenvalue weighted by molar-refractivity contribution is -0.156. The third-order valence-corrected chi connectivity index (χ3v) is 7.71. The molecule has 3 N–H and O–H groups in total. The number of hydrogen-bond acceptors (Lipinski definition) is 7. The van der Waals surface area contributed by atoms with Gasteiger partial charge in [-0.05, 0) is 82.3 Å². The molecule has 0 unspecified atom stereocenters. The normalized spacial score (nSPS) is 21.9. The maximum atomic E-state index is 12.0. The van der Waals surface area contributed by atoms with Crippen LogP contribution in [0.2, 0.25) is 0 Å². The number of esters is 2. The Labute approximate surface area is 257 Å². The van der Waals surface area contributed by atoms with Gasteiger partial charge in [0.2, 0.25) is 0 Å². The smallest absolute Gasteiger partial charge is 0.407 e. The highest BCUT2D eigenvalue weighted by molar-refractivity contribution is 5.70.